The first-order valence-corrected chi connectivity index (χ1v) is 11.7. The first-order valence-electron chi connectivity index (χ1n) is 11.7. The molecule has 0 spiro atoms. The molecule has 4 rings (SSSR count). The minimum atomic E-state index is -0.324. The van der Waals surface area contributed by atoms with Gasteiger partial charge in [0.05, 0.1) is 39.4 Å². The van der Waals surface area contributed by atoms with Gasteiger partial charge in [-0.15, -0.1) is 0 Å². The third kappa shape index (κ3) is 4.67. The molecule has 1 amide bonds. The topological polar surface area (TPSA) is 57.2 Å². The monoisotopic (exact) mass is 461 g/mol. The zero-order valence-electron chi connectivity index (χ0n) is 20.2. The van der Waals surface area contributed by atoms with E-state index in [2.05, 4.69) is 0 Å². The van der Waals surface area contributed by atoms with Gasteiger partial charge < -0.3 is 23.8 Å². The van der Waals surface area contributed by atoms with Crippen LogP contribution >= 0.6 is 0 Å². The summed E-state index contributed by atoms with van der Waals surface area (Å²) < 4.78 is 22.7. The third-order valence-corrected chi connectivity index (χ3v) is 5.83. The zero-order valence-corrected chi connectivity index (χ0v) is 20.2. The van der Waals surface area contributed by atoms with Gasteiger partial charge in [-0.2, -0.15) is 0 Å². The van der Waals surface area contributed by atoms with Gasteiger partial charge >= 0.3 is 0 Å². The lowest BCUT2D eigenvalue weighted by molar-refractivity contribution is -0.118. The van der Waals surface area contributed by atoms with E-state index in [4.69, 9.17) is 18.9 Å². The van der Waals surface area contributed by atoms with E-state index in [1.807, 2.05) is 86.3 Å². The summed E-state index contributed by atoms with van der Waals surface area (Å²) in [6.45, 7) is 7.49. The molecule has 0 saturated carbocycles. The van der Waals surface area contributed by atoms with Gasteiger partial charge in [0.2, 0.25) is 5.91 Å². The van der Waals surface area contributed by atoms with Crippen LogP contribution in [0, 0.1) is 0 Å². The van der Waals surface area contributed by atoms with Crippen molar-refractivity contribution in [2.24, 2.45) is 0 Å². The van der Waals surface area contributed by atoms with Crippen LogP contribution in [0.5, 0.6) is 23.0 Å². The highest BCUT2D eigenvalue weighted by Gasteiger charge is 2.36. The van der Waals surface area contributed by atoms with Gasteiger partial charge in [0, 0.05) is 5.69 Å². The number of rotatable bonds is 9. The van der Waals surface area contributed by atoms with E-state index >= 15 is 0 Å². The van der Waals surface area contributed by atoms with Crippen LogP contribution in [-0.4, -0.2) is 32.8 Å². The van der Waals surface area contributed by atoms with Gasteiger partial charge in [-0.25, -0.2) is 0 Å². The molecule has 0 aliphatic carbocycles. The number of ether oxygens (including phenoxy) is 4. The summed E-state index contributed by atoms with van der Waals surface area (Å²) in [7, 11) is 1.63. The third-order valence-electron chi connectivity index (χ3n) is 5.83. The molecule has 1 aliphatic heterocycles. The second-order valence-electron chi connectivity index (χ2n) is 7.91. The number of carbonyl (C=O) groups is 1. The van der Waals surface area contributed by atoms with Gasteiger partial charge in [-0.1, -0.05) is 12.1 Å². The molecular weight excluding hydrogens is 430 g/mol. The highest BCUT2D eigenvalue weighted by atomic mass is 16.5. The molecule has 0 fully saturated rings. The van der Waals surface area contributed by atoms with Crippen LogP contribution in [0.3, 0.4) is 0 Å². The molecule has 1 atom stereocenters. The fourth-order valence-electron chi connectivity index (χ4n) is 4.37. The minimum Gasteiger partial charge on any atom is -0.497 e. The van der Waals surface area contributed by atoms with E-state index in [0.29, 0.717) is 31.3 Å². The first kappa shape index (κ1) is 23.5. The number of benzene rings is 3. The Morgan fingerprint density at radius 1 is 0.794 bits per heavy atom. The summed E-state index contributed by atoms with van der Waals surface area (Å²) in [6, 6.07) is 19.2. The molecular formula is C28H31NO5. The van der Waals surface area contributed by atoms with Crippen molar-refractivity contribution in [3.05, 3.63) is 77.4 Å². The SMILES string of the molecule is CCOc1ccc([C@H]2c3cc(OCC)c(OCC)cc3CC(=O)N2c2ccc(OC)cc2)cc1. The minimum absolute atomic E-state index is 0.0168. The number of nitrogens with zero attached hydrogens (tertiary/aromatic N) is 1. The normalized spacial score (nSPS) is 15.0. The molecule has 6 heteroatoms. The molecule has 0 saturated heterocycles. The molecule has 0 aromatic heterocycles. The Balaban J connectivity index is 1.87. The fraction of sp³-hybridized carbons (Fsp3) is 0.321. The average Bonchev–Trinajstić information content (AvgIpc) is 2.85. The summed E-state index contributed by atoms with van der Waals surface area (Å²) in [5.41, 5.74) is 3.76. The number of fused-ring (bicyclic) bond motifs is 1. The highest BCUT2D eigenvalue weighted by molar-refractivity contribution is 5.98. The predicted octanol–water partition coefficient (Wildman–Crippen LogP) is 5.57. The van der Waals surface area contributed by atoms with Crippen molar-refractivity contribution < 1.29 is 23.7 Å². The predicted molar refractivity (Wildman–Crippen MR) is 132 cm³/mol. The van der Waals surface area contributed by atoms with Crippen molar-refractivity contribution in [1.29, 1.82) is 0 Å². The van der Waals surface area contributed by atoms with E-state index in [-0.39, 0.29) is 18.4 Å². The van der Waals surface area contributed by atoms with Crippen molar-refractivity contribution in [3.8, 4) is 23.0 Å². The van der Waals surface area contributed by atoms with Crippen molar-refractivity contribution in [2.45, 2.75) is 33.2 Å². The molecule has 1 aliphatic rings. The van der Waals surface area contributed by atoms with E-state index in [1.54, 1.807) is 7.11 Å². The first-order chi connectivity index (χ1) is 16.6. The van der Waals surface area contributed by atoms with Crippen LogP contribution in [-0.2, 0) is 11.2 Å². The fourth-order valence-corrected chi connectivity index (χ4v) is 4.37. The van der Waals surface area contributed by atoms with Crippen molar-refractivity contribution >= 4 is 11.6 Å². The Bertz CT molecular complexity index is 1120. The quantitative estimate of drug-likeness (QED) is 0.417. The Morgan fingerprint density at radius 2 is 1.38 bits per heavy atom. The summed E-state index contributed by atoms with van der Waals surface area (Å²) in [6.07, 6.45) is 0.279. The molecule has 178 valence electrons. The number of methoxy groups -OCH3 is 1. The summed E-state index contributed by atoms with van der Waals surface area (Å²) >= 11 is 0. The molecule has 6 nitrogen and oxygen atoms in total. The Labute approximate surface area is 201 Å². The van der Waals surface area contributed by atoms with Gasteiger partial charge in [-0.3, -0.25) is 4.79 Å². The number of amides is 1. The highest BCUT2D eigenvalue weighted by Crippen LogP contribution is 2.44. The van der Waals surface area contributed by atoms with Crippen LogP contribution in [0.25, 0.3) is 0 Å². The van der Waals surface area contributed by atoms with Gasteiger partial charge in [0.25, 0.3) is 0 Å². The van der Waals surface area contributed by atoms with Crippen molar-refractivity contribution in [2.75, 3.05) is 31.8 Å². The second kappa shape index (κ2) is 10.5. The molecule has 0 radical (unpaired) electrons. The summed E-state index contributed by atoms with van der Waals surface area (Å²) in [5, 5.41) is 0. The van der Waals surface area contributed by atoms with E-state index in [1.165, 1.54) is 0 Å². The molecule has 34 heavy (non-hydrogen) atoms. The number of carbonyl (C=O) groups excluding carboxylic acids is 1. The number of anilines is 1. The molecule has 0 unspecified atom stereocenters. The molecule has 3 aromatic carbocycles. The Hall–Kier alpha value is -3.67. The molecule has 0 bridgehead atoms. The maximum atomic E-state index is 13.5. The standard InChI is InChI=1S/C28H31NO5/c1-5-32-23-12-8-19(9-13-23)28-24-18-26(34-7-3)25(33-6-2)16-20(24)17-27(30)29(28)21-10-14-22(31-4)15-11-21/h8-16,18,28H,5-7,17H2,1-4H3/t28-/m0/s1. The Morgan fingerprint density at radius 3 is 1.97 bits per heavy atom. The smallest absolute Gasteiger partial charge is 0.232 e. The van der Waals surface area contributed by atoms with Gasteiger partial charge in [-0.05, 0) is 86.0 Å². The average molecular weight is 462 g/mol. The van der Waals surface area contributed by atoms with Gasteiger partial charge in [0.1, 0.15) is 11.5 Å². The van der Waals surface area contributed by atoms with Crippen LogP contribution in [0.1, 0.15) is 43.5 Å². The van der Waals surface area contributed by atoms with Crippen LogP contribution < -0.4 is 23.8 Å². The molecule has 0 N–H and O–H groups in total. The largest absolute Gasteiger partial charge is 0.497 e. The number of hydrogen-bond acceptors (Lipinski definition) is 5. The summed E-state index contributed by atoms with van der Waals surface area (Å²) in [4.78, 5) is 15.4. The van der Waals surface area contributed by atoms with Crippen LogP contribution in [0.4, 0.5) is 5.69 Å². The number of hydrogen-bond donors (Lipinski definition) is 0. The van der Waals surface area contributed by atoms with E-state index < -0.39 is 0 Å². The molecule has 3 aromatic rings. The van der Waals surface area contributed by atoms with Crippen LogP contribution in [0.15, 0.2) is 60.7 Å². The van der Waals surface area contributed by atoms with Crippen molar-refractivity contribution in [1.82, 2.24) is 0 Å². The lowest BCUT2D eigenvalue weighted by atomic mass is 9.86. The van der Waals surface area contributed by atoms with E-state index in [0.717, 1.165) is 33.9 Å². The van der Waals surface area contributed by atoms with Crippen molar-refractivity contribution in [3.63, 3.8) is 0 Å². The van der Waals surface area contributed by atoms with E-state index in [9.17, 15) is 4.79 Å². The lowest BCUT2D eigenvalue weighted by Gasteiger charge is -2.38. The summed E-state index contributed by atoms with van der Waals surface area (Å²) in [5.74, 6) is 2.91. The zero-order chi connectivity index (χ0) is 24.1. The maximum Gasteiger partial charge on any atom is 0.232 e. The lowest BCUT2D eigenvalue weighted by Crippen LogP contribution is -2.41. The second-order valence-corrected chi connectivity index (χ2v) is 7.91. The molecule has 1 heterocycles. The maximum absolute atomic E-state index is 13.5. The Kier molecular flexibility index (Phi) is 7.26. The van der Waals surface area contributed by atoms with Crippen LogP contribution in [0.2, 0.25) is 0 Å². The van der Waals surface area contributed by atoms with Gasteiger partial charge in [0.15, 0.2) is 11.5 Å².